The number of benzene rings is 1. The van der Waals surface area contributed by atoms with Gasteiger partial charge in [-0.2, -0.15) is 15.8 Å². The topological polar surface area (TPSA) is 132 Å². The van der Waals surface area contributed by atoms with E-state index in [2.05, 4.69) is 6.07 Å². The first-order valence-corrected chi connectivity index (χ1v) is 10.0. The molecule has 0 amide bonds. The van der Waals surface area contributed by atoms with E-state index in [1.165, 1.54) is 0 Å². The van der Waals surface area contributed by atoms with Gasteiger partial charge in [0, 0.05) is 29.8 Å². The minimum Gasteiger partial charge on any atom is -0.447 e. The smallest absolute Gasteiger partial charge is 0.218 e. The van der Waals surface area contributed by atoms with Gasteiger partial charge in [0.15, 0.2) is 11.2 Å². The van der Waals surface area contributed by atoms with E-state index in [1.807, 2.05) is 12.1 Å². The lowest BCUT2D eigenvalue weighted by molar-refractivity contribution is -0.330. The van der Waals surface area contributed by atoms with Gasteiger partial charge < -0.3 is 18.9 Å². The molecule has 3 heterocycles. The molecule has 4 unspecified atom stereocenters. The van der Waals surface area contributed by atoms with E-state index >= 15 is 0 Å². The van der Waals surface area contributed by atoms with Crippen molar-refractivity contribution in [1.29, 1.82) is 21.2 Å². The van der Waals surface area contributed by atoms with Gasteiger partial charge in [0.2, 0.25) is 17.1 Å². The Bertz CT molecular complexity index is 1050. The molecule has 152 valence electrons. The van der Waals surface area contributed by atoms with Gasteiger partial charge in [-0.1, -0.05) is 29.8 Å². The first-order valence-electron chi connectivity index (χ1n) is 9.64. The summed E-state index contributed by atoms with van der Waals surface area (Å²) in [4.78, 5) is 0. The molecule has 3 saturated heterocycles. The Morgan fingerprint density at radius 1 is 1.03 bits per heavy atom. The second-order valence-electron chi connectivity index (χ2n) is 8.08. The van der Waals surface area contributed by atoms with Crippen LogP contribution in [0.5, 0.6) is 0 Å². The Morgan fingerprint density at radius 3 is 2.37 bits per heavy atom. The third kappa shape index (κ3) is 2.06. The summed E-state index contributed by atoms with van der Waals surface area (Å²) < 4.78 is 24.0. The first kappa shape index (κ1) is 19.3. The fourth-order valence-electron chi connectivity index (χ4n) is 5.52. The number of rotatable bonds is 1. The van der Waals surface area contributed by atoms with Crippen LogP contribution in [0.25, 0.3) is 0 Å². The lowest BCUT2D eigenvalue weighted by atomic mass is 9.51. The fraction of sp³-hybridized carbons (Fsp3) is 0.524. The van der Waals surface area contributed by atoms with Gasteiger partial charge in [0.05, 0.1) is 37.3 Å². The van der Waals surface area contributed by atoms with Gasteiger partial charge in [-0.25, -0.2) is 0 Å². The van der Waals surface area contributed by atoms with Crippen LogP contribution in [0, 0.1) is 56.2 Å². The molecule has 1 N–H and O–H groups in total. The predicted molar refractivity (Wildman–Crippen MR) is 101 cm³/mol. The summed E-state index contributed by atoms with van der Waals surface area (Å²) in [5, 5.41) is 39.9. The Morgan fingerprint density at radius 2 is 1.73 bits per heavy atom. The first-order chi connectivity index (χ1) is 14.4. The van der Waals surface area contributed by atoms with E-state index in [1.54, 1.807) is 24.3 Å². The Hall–Kier alpha value is -2.67. The zero-order chi connectivity index (χ0) is 21.2. The van der Waals surface area contributed by atoms with Crippen LogP contribution in [0.4, 0.5) is 0 Å². The summed E-state index contributed by atoms with van der Waals surface area (Å²) in [6, 6.07) is 12.9. The van der Waals surface area contributed by atoms with Crippen molar-refractivity contribution in [1.82, 2.24) is 0 Å². The molecule has 8 nitrogen and oxygen atoms in total. The van der Waals surface area contributed by atoms with Crippen LogP contribution in [0.3, 0.4) is 0 Å². The van der Waals surface area contributed by atoms with Crippen LogP contribution < -0.4 is 0 Å². The molecule has 1 aromatic rings. The van der Waals surface area contributed by atoms with Crippen molar-refractivity contribution < 1.29 is 18.9 Å². The summed E-state index contributed by atoms with van der Waals surface area (Å²) in [7, 11) is 0. The SMILES string of the molecule is N#CC1(C#N)C(c2ccccc2Cl)OC23CCC4(CC2C1(C#N)C(=N)O3)OCCO4. The van der Waals surface area contributed by atoms with E-state index in [0.717, 1.165) is 0 Å². The minimum absolute atomic E-state index is 0.184. The molecule has 1 aliphatic carbocycles. The number of halogens is 1. The van der Waals surface area contributed by atoms with E-state index in [9.17, 15) is 15.8 Å². The Balaban J connectivity index is 1.74. The largest absolute Gasteiger partial charge is 0.447 e. The van der Waals surface area contributed by atoms with Crippen LogP contribution in [-0.2, 0) is 18.9 Å². The van der Waals surface area contributed by atoms with E-state index in [-0.39, 0.29) is 12.8 Å². The summed E-state index contributed by atoms with van der Waals surface area (Å²) in [6.45, 7) is 0.838. The van der Waals surface area contributed by atoms with Crippen LogP contribution in [-0.4, -0.2) is 30.7 Å². The van der Waals surface area contributed by atoms with Gasteiger partial charge in [0.25, 0.3) is 0 Å². The van der Waals surface area contributed by atoms with E-state index in [0.29, 0.717) is 30.2 Å². The summed E-state index contributed by atoms with van der Waals surface area (Å²) >= 11 is 6.39. The van der Waals surface area contributed by atoms with Gasteiger partial charge in [-0.05, 0) is 6.07 Å². The maximum atomic E-state index is 10.4. The molecule has 0 radical (unpaired) electrons. The summed E-state index contributed by atoms with van der Waals surface area (Å²) in [5.74, 6) is -3.48. The van der Waals surface area contributed by atoms with Crippen molar-refractivity contribution >= 4 is 17.5 Å². The van der Waals surface area contributed by atoms with Crippen molar-refractivity contribution in [2.75, 3.05) is 13.2 Å². The molecule has 30 heavy (non-hydrogen) atoms. The number of nitrogens with zero attached hydrogens (tertiary/aromatic N) is 3. The number of ether oxygens (including phenoxy) is 4. The molecule has 4 fully saturated rings. The molecule has 5 rings (SSSR count). The van der Waals surface area contributed by atoms with Crippen LogP contribution >= 0.6 is 11.6 Å². The quantitative estimate of drug-likeness (QED) is 0.731. The highest BCUT2D eigenvalue weighted by Crippen LogP contribution is 2.71. The predicted octanol–water partition coefficient (Wildman–Crippen LogP) is 3.20. The standard InChI is InChI=1S/C21H17ClN4O4/c22-14-4-2-1-3-13(14)16-18(10-23,11-24)20(12-25)15-9-19(27-7-8-28-19)5-6-21(15,29-16)30-17(20)26/h1-4,15-16,26H,5-9H2. The number of nitrogens with one attached hydrogen (secondary N) is 1. The monoisotopic (exact) mass is 424 g/mol. The van der Waals surface area contributed by atoms with Gasteiger partial charge in [-0.15, -0.1) is 0 Å². The van der Waals surface area contributed by atoms with Gasteiger partial charge in [-0.3, -0.25) is 5.41 Å². The molecule has 2 bridgehead atoms. The lowest BCUT2D eigenvalue weighted by Crippen LogP contribution is -2.63. The molecule has 9 heteroatoms. The molecule has 4 aliphatic rings. The van der Waals surface area contributed by atoms with Crippen LogP contribution in [0.1, 0.15) is 30.9 Å². The normalized spacial score (nSPS) is 37.5. The van der Waals surface area contributed by atoms with Gasteiger partial charge in [0.1, 0.15) is 6.10 Å². The van der Waals surface area contributed by atoms with Crippen molar-refractivity contribution in [3.05, 3.63) is 34.9 Å². The third-order valence-electron chi connectivity index (χ3n) is 6.92. The Labute approximate surface area is 178 Å². The zero-order valence-corrected chi connectivity index (χ0v) is 16.6. The number of hydrogen-bond donors (Lipinski definition) is 1. The third-order valence-corrected chi connectivity index (χ3v) is 7.26. The van der Waals surface area contributed by atoms with Gasteiger partial charge >= 0.3 is 0 Å². The highest BCUT2D eigenvalue weighted by molar-refractivity contribution is 6.31. The maximum Gasteiger partial charge on any atom is 0.218 e. The van der Waals surface area contributed by atoms with Crippen molar-refractivity contribution in [3.63, 3.8) is 0 Å². The van der Waals surface area contributed by atoms with Crippen molar-refractivity contribution in [3.8, 4) is 18.2 Å². The second kappa shape index (κ2) is 6.17. The molecule has 1 spiro atoms. The van der Waals surface area contributed by atoms with Crippen molar-refractivity contribution in [2.45, 2.75) is 36.9 Å². The highest BCUT2D eigenvalue weighted by atomic mass is 35.5. The van der Waals surface area contributed by atoms with E-state index in [4.69, 9.17) is 36.0 Å². The molecular formula is C21H17ClN4O4. The summed E-state index contributed by atoms with van der Waals surface area (Å²) in [5.41, 5.74) is -3.50. The molecule has 3 aliphatic heterocycles. The lowest BCUT2D eigenvalue weighted by Gasteiger charge is -2.54. The molecule has 4 atom stereocenters. The van der Waals surface area contributed by atoms with E-state index < -0.39 is 40.3 Å². The maximum absolute atomic E-state index is 10.4. The second-order valence-corrected chi connectivity index (χ2v) is 8.49. The van der Waals surface area contributed by atoms with Crippen LogP contribution in [0.15, 0.2) is 24.3 Å². The van der Waals surface area contributed by atoms with Crippen molar-refractivity contribution in [2.24, 2.45) is 16.7 Å². The molecule has 1 saturated carbocycles. The Kier molecular flexibility index (Phi) is 3.97. The average molecular weight is 425 g/mol. The van der Waals surface area contributed by atoms with Crippen LogP contribution in [0.2, 0.25) is 5.02 Å². The highest BCUT2D eigenvalue weighted by Gasteiger charge is 2.82. The average Bonchev–Trinajstić information content (AvgIpc) is 3.28. The molecular weight excluding hydrogens is 408 g/mol. The number of hydrogen-bond acceptors (Lipinski definition) is 8. The number of nitriles is 3. The summed E-state index contributed by atoms with van der Waals surface area (Å²) in [6.07, 6.45) is -0.250. The zero-order valence-electron chi connectivity index (χ0n) is 15.9. The molecule has 0 aromatic heterocycles. The molecule has 1 aromatic carbocycles. The minimum atomic E-state index is -2.05. The fourth-order valence-corrected chi connectivity index (χ4v) is 5.75.